The molecule has 2 N–H and O–H groups in total. The second-order valence-electron chi connectivity index (χ2n) is 2.70. The Hall–Kier alpha value is -0.650. The number of benzene rings is 1. The molecule has 0 heterocycles. The van der Waals surface area contributed by atoms with Crippen LogP contribution in [0.4, 0.5) is 4.39 Å². The van der Waals surface area contributed by atoms with Gasteiger partial charge in [-0.05, 0) is 12.1 Å². The molecule has 0 atom stereocenters. The first-order valence-corrected chi connectivity index (χ1v) is 4.82. The highest BCUT2D eigenvalue weighted by molar-refractivity contribution is 9.10. The van der Waals surface area contributed by atoms with E-state index in [4.69, 9.17) is 10.6 Å². The van der Waals surface area contributed by atoms with Crippen molar-refractivity contribution in [2.75, 3.05) is 13.7 Å². The number of ether oxygens (including phenoxy) is 1. The Morgan fingerprint density at radius 2 is 2.21 bits per heavy atom. The fourth-order valence-corrected chi connectivity index (χ4v) is 1.67. The molecule has 0 aliphatic rings. The van der Waals surface area contributed by atoms with Crippen molar-refractivity contribution in [2.45, 2.75) is 6.42 Å². The van der Waals surface area contributed by atoms with Gasteiger partial charge >= 0.3 is 0 Å². The molecule has 0 spiro atoms. The van der Waals surface area contributed by atoms with Crippen LogP contribution in [0.15, 0.2) is 16.6 Å². The minimum atomic E-state index is -0.395. The molecule has 0 amide bonds. The van der Waals surface area contributed by atoms with Gasteiger partial charge in [0.15, 0.2) is 11.6 Å². The zero-order valence-corrected chi connectivity index (χ0v) is 9.30. The highest BCUT2D eigenvalue weighted by Gasteiger charge is 2.10. The molecule has 0 bridgehead atoms. The zero-order valence-electron chi connectivity index (χ0n) is 7.72. The third kappa shape index (κ3) is 2.67. The van der Waals surface area contributed by atoms with Crippen molar-refractivity contribution >= 4 is 15.9 Å². The van der Waals surface area contributed by atoms with E-state index >= 15 is 0 Å². The first-order chi connectivity index (χ1) is 6.69. The molecule has 1 aromatic carbocycles. The van der Waals surface area contributed by atoms with E-state index in [0.717, 1.165) is 5.56 Å². The summed E-state index contributed by atoms with van der Waals surface area (Å²) in [5, 5.41) is 0. The summed E-state index contributed by atoms with van der Waals surface area (Å²) in [7, 11) is 1.43. The van der Waals surface area contributed by atoms with Crippen LogP contribution in [0.2, 0.25) is 0 Å². The number of halogens is 2. The van der Waals surface area contributed by atoms with Gasteiger partial charge in [-0.2, -0.15) is 0 Å². The molecule has 0 radical (unpaired) electrons. The molecule has 0 aliphatic heterocycles. The van der Waals surface area contributed by atoms with E-state index in [-0.39, 0.29) is 5.75 Å². The quantitative estimate of drug-likeness (QED) is 0.846. The van der Waals surface area contributed by atoms with Gasteiger partial charge in [0.25, 0.3) is 0 Å². The number of rotatable bonds is 4. The predicted molar refractivity (Wildman–Crippen MR) is 54.5 cm³/mol. The number of nitrogens with two attached hydrogens (primary N) is 1. The third-order valence-electron chi connectivity index (χ3n) is 1.78. The standard InChI is InChI=1S/C9H11BrFNO2/c1-13-9-6(2-3-14-12)4-7(10)5-8(9)11/h4-5H,2-3,12H2,1H3. The van der Waals surface area contributed by atoms with Crippen LogP contribution < -0.4 is 10.6 Å². The summed E-state index contributed by atoms with van der Waals surface area (Å²) in [5.74, 6) is 4.74. The van der Waals surface area contributed by atoms with Gasteiger partial charge in [-0.3, -0.25) is 0 Å². The molecule has 14 heavy (non-hydrogen) atoms. The van der Waals surface area contributed by atoms with Crippen molar-refractivity contribution in [3.63, 3.8) is 0 Å². The van der Waals surface area contributed by atoms with Crippen molar-refractivity contribution in [2.24, 2.45) is 5.90 Å². The summed E-state index contributed by atoms with van der Waals surface area (Å²) >= 11 is 3.20. The lowest BCUT2D eigenvalue weighted by Gasteiger charge is -2.09. The van der Waals surface area contributed by atoms with E-state index in [1.165, 1.54) is 13.2 Å². The predicted octanol–water partition coefficient (Wildman–Crippen LogP) is 2.03. The van der Waals surface area contributed by atoms with Crippen molar-refractivity contribution in [1.82, 2.24) is 0 Å². The van der Waals surface area contributed by atoms with Crippen LogP contribution in [0, 0.1) is 5.82 Å². The molecule has 3 nitrogen and oxygen atoms in total. The topological polar surface area (TPSA) is 44.5 Å². The van der Waals surface area contributed by atoms with Gasteiger partial charge in [0.2, 0.25) is 0 Å². The average Bonchev–Trinajstić information content (AvgIpc) is 2.14. The monoisotopic (exact) mass is 263 g/mol. The van der Waals surface area contributed by atoms with Crippen molar-refractivity contribution in [1.29, 1.82) is 0 Å². The summed E-state index contributed by atoms with van der Waals surface area (Å²) in [6, 6.07) is 3.13. The SMILES string of the molecule is COc1c(F)cc(Br)cc1CCON. The largest absolute Gasteiger partial charge is 0.493 e. The Morgan fingerprint density at radius 3 is 2.79 bits per heavy atom. The summed E-state index contributed by atoms with van der Waals surface area (Å²) in [4.78, 5) is 4.43. The van der Waals surface area contributed by atoms with E-state index in [2.05, 4.69) is 20.8 Å². The molecule has 0 aromatic heterocycles. The second-order valence-corrected chi connectivity index (χ2v) is 3.62. The highest BCUT2D eigenvalue weighted by atomic mass is 79.9. The van der Waals surface area contributed by atoms with Crippen LogP contribution in [0.25, 0.3) is 0 Å². The van der Waals surface area contributed by atoms with E-state index in [1.54, 1.807) is 6.07 Å². The Morgan fingerprint density at radius 1 is 1.50 bits per heavy atom. The first kappa shape index (κ1) is 11.4. The maximum Gasteiger partial charge on any atom is 0.166 e. The third-order valence-corrected chi connectivity index (χ3v) is 2.24. The van der Waals surface area contributed by atoms with Crippen LogP contribution in [0.1, 0.15) is 5.56 Å². The van der Waals surface area contributed by atoms with Crippen LogP contribution in [0.5, 0.6) is 5.75 Å². The van der Waals surface area contributed by atoms with Crippen molar-refractivity contribution in [3.8, 4) is 5.75 Å². The molecule has 0 unspecified atom stereocenters. The van der Waals surface area contributed by atoms with E-state index in [0.29, 0.717) is 17.5 Å². The fourth-order valence-electron chi connectivity index (χ4n) is 1.20. The van der Waals surface area contributed by atoms with Crippen LogP contribution in [-0.4, -0.2) is 13.7 Å². The lowest BCUT2D eigenvalue weighted by Crippen LogP contribution is -2.05. The minimum Gasteiger partial charge on any atom is -0.493 e. The van der Waals surface area contributed by atoms with E-state index in [1.807, 2.05) is 0 Å². The molecule has 0 saturated heterocycles. The average molecular weight is 264 g/mol. The van der Waals surface area contributed by atoms with Gasteiger partial charge in [0.05, 0.1) is 13.7 Å². The highest BCUT2D eigenvalue weighted by Crippen LogP contribution is 2.27. The number of methoxy groups -OCH3 is 1. The minimum absolute atomic E-state index is 0.241. The van der Waals surface area contributed by atoms with E-state index < -0.39 is 5.82 Å². The fraction of sp³-hybridized carbons (Fsp3) is 0.333. The maximum absolute atomic E-state index is 13.3. The van der Waals surface area contributed by atoms with Crippen molar-refractivity contribution in [3.05, 3.63) is 28.0 Å². The Balaban J connectivity index is 2.99. The molecule has 0 aliphatic carbocycles. The summed E-state index contributed by atoms with van der Waals surface area (Å²) in [6.07, 6.45) is 0.510. The Labute approximate surface area is 90.1 Å². The van der Waals surface area contributed by atoms with E-state index in [9.17, 15) is 4.39 Å². The lowest BCUT2D eigenvalue weighted by atomic mass is 10.1. The number of hydrogen-bond acceptors (Lipinski definition) is 3. The van der Waals surface area contributed by atoms with Gasteiger partial charge in [-0.15, -0.1) is 0 Å². The Bertz CT molecular complexity index is 320. The summed E-state index contributed by atoms with van der Waals surface area (Å²) in [5.41, 5.74) is 0.727. The second kappa shape index (κ2) is 5.29. The number of hydrogen-bond donors (Lipinski definition) is 1. The molecule has 1 aromatic rings. The van der Waals surface area contributed by atoms with Crippen LogP contribution >= 0.6 is 15.9 Å². The van der Waals surface area contributed by atoms with Crippen LogP contribution in [-0.2, 0) is 11.3 Å². The van der Waals surface area contributed by atoms with Gasteiger partial charge in [0, 0.05) is 16.5 Å². The molecule has 0 fully saturated rings. The van der Waals surface area contributed by atoms with Gasteiger partial charge in [-0.25, -0.2) is 10.3 Å². The lowest BCUT2D eigenvalue weighted by molar-refractivity contribution is 0.140. The molecule has 78 valence electrons. The summed E-state index contributed by atoms with van der Waals surface area (Å²) < 4.78 is 18.9. The molecule has 1 rings (SSSR count). The van der Waals surface area contributed by atoms with Gasteiger partial charge in [-0.1, -0.05) is 15.9 Å². The van der Waals surface area contributed by atoms with Gasteiger partial charge < -0.3 is 9.57 Å². The van der Waals surface area contributed by atoms with Crippen LogP contribution in [0.3, 0.4) is 0 Å². The molecule has 0 saturated carbocycles. The molecular formula is C9H11BrFNO2. The van der Waals surface area contributed by atoms with Crippen molar-refractivity contribution < 1.29 is 14.0 Å². The first-order valence-electron chi connectivity index (χ1n) is 4.02. The Kier molecular flexibility index (Phi) is 4.31. The summed E-state index contributed by atoms with van der Waals surface area (Å²) in [6.45, 7) is 0.326. The normalized spacial score (nSPS) is 10.3. The maximum atomic E-state index is 13.3. The zero-order chi connectivity index (χ0) is 10.6. The molecule has 5 heteroatoms. The van der Waals surface area contributed by atoms with Gasteiger partial charge in [0.1, 0.15) is 0 Å². The molecular weight excluding hydrogens is 253 g/mol. The smallest absolute Gasteiger partial charge is 0.166 e.